The number of fused-ring (bicyclic) bond motifs is 1. The molecule has 3 aromatic carbocycles. The number of rotatable bonds is 6. The fourth-order valence-corrected chi connectivity index (χ4v) is 15.8. The van der Waals surface area contributed by atoms with Crippen molar-refractivity contribution >= 4 is 40.1 Å². The molecule has 1 fully saturated rings. The highest BCUT2D eigenvalue weighted by Crippen LogP contribution is 2.42. The number of carbonyl (C=O) groups excluding carboxylic acids is 1. The number of carbonyl (C=O) groups is 1. The third kappa shape index (κ3) is 5.65. The average Bonchev–Trinajstić information content (AvgIpc) is 3.82. The van der Waals surface area contributed by atoms with Gasteiger partial charge in [0, 0.05) is 30.5 Å². The summed E-state index contributed by atoms with van der Waals surface area (Å²) in [4.78, 5) is 14.4. The number of halogens is 1. The Kier molecular flexibility index (Phi) is 8.06. The molecule has 0 radical (unpaired) electrons. The number of hydrogen-bond acceptors (Lipinski definition) is 4. The molecular weight excluding hydrogens is 602 g/mol. The number of benzene rings is 3. The predicted molar refractivity (Wildman–Crippen MR) is 179 cm³/mol. The molecule has 0 saturated heterocycles. The molecule has 1 saturated carbocycles. The fraction of sp³-hybridized carbons (Fsp3) is 0.314. The average molecular weight is 640 g/mol. The zero-order valence-electron chi connectivity index (χ0n) is 26.0. The quantitative estimate of drug-likeness (QED) is 0.257. The van der Waals surface area contributed by atoms with E-state index >= 15 is 4.21 Å². The maximum atomic E-state index is 15.8. The first-order valence-corrected chi connectivity index (χ1v) is 18.8. The summed E-state index contributed by atoms with van der Waals surface area (Å²) in [6.07, 6.45) is 5.23. The van der Waals surface area contributed by atoms with E-state index in [9.17, 15) is 14.4 Å². The van der Waals surface area contributed by atoms with Crippen LogP contribution in [0, 0.1) is 23.1 Å². The van der Waals surface area contributed by atoms with Gasteiger partial charge in [-0.2, -0.15) is 5.26 Å². The van der Waals surface area contributed by atoms with Crippen LogP contribution in [0.3, 0.4) is 0 Å². The number of hydrogen-bond donors (Lipinski definition) is 2. The minimum atomic E-state index is -3.26. The number of anilines is 1. The van der Waals surface area contributed by atoms with Crippen molar-refractivity contribution in [2.24, 2.45) is 17.0 Å². The van der Waals surface area contributed by atoms with E-state index in [0.717, 1.165) is 29.6 Å². The summed E-state index contributed by atoms with van der Waals surface area (Å²) < 4.78 is 40.7. The van der Waals surface area contributed by atoms with Crippen LogP contribution in [-0.4, -0.2) is 29.0 Å². The van der Waals surface area contributed by atoms with Crippen molar-refractivity contribution in [3.05, 3.63) is 108 Å². The van der Waals surface area contributed by atoms with Gasteiger partial charge >= 0.3 is 0 Å². The summed E-state index contributed by atoms with van der Waals surface area (Å²) in [6, 6.07) is 26.2. The molecular formula is C35H38FN5O2SSi. The van der Waals surface area contributed by atoms with Crippen LogP contribution >= 0.6 is 0 Å². The van der Waals surface area contributed by atoms with Gasteiger partial charge in [0.05, 0.1) is 10.5 Å². The van der Waals surface area contributed by atoms with Crippen molar-refractivity contribution in [2.45, 2.75) is 62.4 Å². The van der Waals surface area contributed by atoms with Gasteiger partial charge in [0.25, 0.3) is 14.1 Å². The third-order valence-electron chi connectivity index (χ3n) is 9.05. The molecule has 6 rings (SSSR count). The van der Waals surface area contributed by atoms with Crippen molar-refractivity contribution in [1.29, 1.82) is 5.26 Å². The second-order valence-electron chi connectivity index (χ2n) is 13.1. The van der Waals surface area contributed by atoms with Crippen molar-refractivity contribution in [3.63, 3.8) is 0 Å². The van der Waals surface area contributed by atoms with E-state index in [-0.39, 0.29) is 16.6 Å². The van der Waals surface area contributed by atoms with Crippen LogP contribution in [0.1, 0.15) is 61.6 Å². The van der Waals surface area contributed by atoms with Gasteiger partial charge in [0.15, 0.2) is 0 Å². The molecule has 1 unspecified atom stereocenters. The third-order valence-corrected chi connectivity index (χ3v) is 17.2. The minimum absolute atomic E-state index is 0.00312. The van der Waals surface area contributed by atoms with Crippen molar-refractivity contribution in [2.75, 3.05) is 5.32 Å². The summed E-state index contributed by atoms with van der Waals surface area (Å²) in [5, 5.41) is 13.9. The maximum Gasteiger partial charge on any atom is 0.272 e. The normalized spacial score (nSPS) is 20.0. The van der Waals surface area contributed by atoms with Crippen molar-refractivity contribution in [3.8, 4) is 6.07 Å². The summed E-state index contributed by atoms with van der Waals surface area (Å²) in [7, 11) is -4.63. The van der Waals surface area contributed by atoms with E-state index in [0.29, 0.717) is 34.2 Å². The zero-order valence-corrected chi connectivity index (χ0v) is 27.8. The topological polar surface area (TPSA) is 99.3 Å². The van der Waals surface area contributed by atoms with Crippen LogP contribution < -0.4 is 20.4 Å². The second-order valence-corrected chi connectivity index (χ2v) is 19.6. The van der Waals surface area contributed by atoms with Gasteiger partial charge < -0.3 is 9.88 Å². The van der Waals surface area contributed by atoms with E-state index in [1.807, 2.05) is 42.5 Å². The molecule has 2 atom stereocenters. The molecule has 10 heteroatoms. The van der Waals surface area contributed by atoms with Crippen LogP contribution in [0.15, 0.2) is 94.0 Å². The van der Waals surface area contributed by atoms with Gasteiger partial charge in [-0.05, 0) is 65.2 Å². The minimum Gasteiger partial charge on any atom is -0.345 e. The highest BCUT2D eigenvalue weighted by atomic mass is 32.2. The molecule has 1 amide bonds. The van der Waals surface area contributed by atoms with E-state index in [1.54, 1.807) is 17.8 Å². The van der Waals surface area contributed by atoms with Crippen LogP contribution in [0.4, 0.5) is 10.1 Å². The summed E-state index contributed by atoms with van der Waals surface area (Å²) in [5.41, 5.74) is 1.26. The lowest BCUT2D eigenvalue weighted by Gasteiger charge is -2.40. The summed E-state index contributed by atoms with van der Waals surface area (Å²) in [5.74, 6) is -0.643. The molecule has 0 spiro atoms. The van der Waals surface area contributed by atoms with Gasteiger partial charge in [0.1, 0.15) is 27.5 Å². The highest BCUT2D eigenvalue weighted by molar-refractivity contribution is 7.92. The molecule has 7 nitrogen and oxygen atoms in total. The SMILES string of the molecule is Cn1cc2c(c1C(=O)Nc1ccc(F)c(C#N)c1)CC[C@H](C1CC1)NS2(=O)=N[Si](c1ccccc1)(c1ccccc1)C(C)(C)C. The molecule has 1 aliphatic carbocycles. The van der Waals surface area contributed by atoms with Gasteiger partial charge in [-0.1, -0.05) is 81.4 Å². The van der Waals surface area contributed by atoms with Crippen molar-refractivity contribution < 1.29 is 13.4 Å². The Labute approximate surface area is 265 Å². The number of aryl methyl sites for hydroxylation is 1. The second kappa shape index (κ2) is 11.7. The van der Waals surface area contributed by atoms with Crippen LogP contribution in [0.5, 0.6) is 0 Å². The zero-order chi connectivity index (χ0) is 32.0. The molecule has 232 valence electrons. The summed E-state index contributed by atoms with van der Waals surface area (Å²) >= 11 is 0. The first-order chi connectivity index (χ1) is 21.5. The van der Waals surface area contributed by atoms with E-state index in [4.69, 9.17) is 4.03 Å². The standard InChI is InChI=1S/C35H38FN5O2SSi/c1-35(2,3)45(27-11-7-5-8-12-27,28-13-9-6-10-14-28)40-44(43)32-23-41(4)33(29(32)18-20-31(39-44)24-15-16-24)34(42)38-26-17-19-30(36)25(21-26)22-37/h5-14,17,19,21,23-24,31H,15-16,18,20H2,1-4H3,(H,38,42)(H,39,40,43)/t31-,44?/m1/s1. The van der Waals surface area contributed by atoms with Gasteiger partial charge in [-0.25, -0.2) is 17.3 Å². The molecule has 2 heterocycles. The Bertz CT molecular complexity index is 1880. The first-order valence-electron chi connectivity index (χ1n) is 15.3. The van der Waals surface area contributed by atoms with Gasteiger partial charge in [-0.3, -0.25) is 4.79 Å². The molecule has 2 aliphatic rings. The monoisotopic (exact) mass is 639 g/mol. The highest BCUT2D eigenvalue weighted by Gasteiger charge is 2.51. The number of nitrogens with zero attached hydrogens (tertiary/aromatic N) is 3. The Morgan fingerprint density at radius 3 is 2.22 bits per heavy atom. The lowest BCUT2D eigenvalue weighted by atomic mass is 10.0. The Morgan fingerprint density at radius 2 is 1.67 bits per heavy atom. The number of nitriles is 1. The fourth-order valence-electron chi connectivity index (χ4n) is 6.66. The Morgan fingerprint density at radius 1 is 1.04 bits per heavy atom. The van der Waals surface area contributed by atoms with E-state index in [1.165, 1.54) is 18.2 Å². The number of aromatic nitrogens is 1. The van der Waals surface area contributed by atoms with Crippen LogP contribution in [0.25, 0.3) is 0 Å². The molecule has 1 aliphatic heterocycles. The molecule has 2 N–H and O–H groups in total. The van der Waals surface area contributed by atoms with Gasteiger partial charge in [-0.15, -0.1) is 0 Å². The lowest BCUT2D eigenvalue weighted by molar-refractivity contribution is 0.101. The summed E-state index contributed by atoms with van der Waals surface area (Å²) in [6.45, 7) is 6.55. The van der Waals surface area contributed by atoms with E-state index < -0.39 is 29.9 Å². The Hall–Kier alpha value is -4.04. The molecule has 1 aromatic heterocycles. The maximum absolute atomic E-state index is 15.8. The predicted octanol–water partition coefficient (Wildman–Crippen LogP) is 5.90. The van der Waals surface area contributed by atoms with Gasteiger partial charge in [0.2, 0.25) is 0 Å². The van der Waals surface area contributed by atoms with Crippen LogP contribution in [0.2, 0.25) is 5.04 Å². The first kappa shape index (κ1) is 31.0. The largest absolute Gasteiger partial charge is 0.345 e. The van der Waals surface area contributed by atoms with E-state index in [2.05, 4.69) is 55.1 Å². The number of amides is 1. The van der Waals surface area contributed by atoms with Crippen molar-refractivity contribution in [1.82, 2.24) is 9.29 Å². The number of nitrogens with one attached hydrogen (secondary N) is 2. The molecule has 4 aromatic rings. The molecule has 45 heavy (non-hydrogen) atoms. The Balaban J connectivity index is 1.57. The molecule has 0 bridgehead atoms. The smallest absolute Gasteiger partial charge is 0.272 e. The lowest BCUT2D eigenvalue weighted by Crippen LogP contribution is -2.64. The van der Waals surface area contributed by atoms with Crippen LogP contribution in [-0.2, 0) is 23.4 Å².